The molecule has 12 nitrogen and oxygen atoms in total. The third kappa shape index (κ3) is 7.26. The third-order valence-electron chi connectivity index (χ3n) is 7.18. The lowest BCUT2D eigenvalue weighted by Gasteiger charge is -2.19. The van der Waals surface area contributed by atoms with Crippen LogP contribution in [0.4, 0.5) is 5.69 Å². The maximum atomic E-state index is 13.6. The number of carbonyl (C=O) groups excluding carboxylic acids is 5. The molecule has 0 aromatic heterocycles. The van der Waals surface area contributed by atoms with Gasteiger partial charge in [-0.1, -0.05) is 55.6 Å². The molecule has 246 valence electrons. The first-order valence-electron chi connectivity index (χ1n) is 14.1. The van der Waals surface area contributed by atoms with Crippen LogP contribution in [-0.4, -0.2) is 65.0 Å². The van der Waals surface area contributed by atoms with Crippen molar-refractivity contribution in [3.05, 3.63) is 130 Å². The number of aliphatic hydroxyl groups is 1. The molecule has 0 saturated heterocycles. The third-order valence-corrected chi connectivity index (χ3v) is 7.98. The van der Waals surface area contributed by atoms with Crippen molar-refractivity contribution in [2.24, 2.45) is 5.92 Å². The summed E-state index contributed by atoms with van der Waals surface area (Å²) in [6.07, 6.45) is -1.42. The summed E-state index contributed by atoms with van der Waals surface area (Å²) in [7, 11) is 0. The first-order valence-corrected chi connectivity index (χ1v) is 14.9. The first kappa shape index (κ1) is 35.0. The fourth-order valence-electron chi connectivity index (χ4n) is 4.75. The highest BCUT2D eigenvalue weighted by Gasteiger charge is 2.44. The first-order chi connectivity index (χ1) is 22.7. The zero-order chi connectivity index (χ0) is 35.3. The number of anilines is 1. The molecule has 3 aromatic carbocycles. The lowest BCUT2D eigenvalue weighted by Crippen LogP contribution is -2.31. The Morgan fingerprint density at radius 2 is 1.40 bits per heavy atom. The van der Waals surface area contributed by atoms with E-state index in [-0.39, 0.29) is 43.4 Å². The van der Waals surface area contributed by atoms with Gasteiger partial charge in [-0.3, -0.25) is 9.59 Å². The number of nitrogen functional groups attached to an aromatic ring is 1. The summed E-state index contributed by atoms with van der Waals surface area (Å²) in [6, 6.07) is 15.7. The van der Waals surface area contributed by atoms with Gasteiger partial charge in [0.1, 0.15) is 24.9 Å². The Kier molecular flexibility index (Phi) is 10.8. The van der Waals surface area contributed by atoms with Gasteiger partial charge >= 0.3 is 23.9 Å². The number of carbonyl (C=O) groups is 6. The molecule has 4 N–H and O–H groups in total. The predicted molar refractivity (Wildman–Crippen MR) is 176 cm³/mol. The van der Waals surface area contributed by atoms with Gasteiger partial charge in [0, 0.05) is 33.5 Å². The Morgan fingerprint density at radius 1 is 0.812 bits per heavy atom. The van der Waals surface area contributed by atoms with Crippen molar-refractivity contribution in [2.45, 2.75) is 13.0 Å². The van der Waals surface area contributed by atoms with Gasteiger partial charge in [-0.05, 0) is 47.1 Å². The number of carboxylic acid groups (broad SMARTS) is 1. The minimum Gasteiger partial charge on any atom is -0.506 e. The topological polar surface area (TPSA) is 197 Å². The highest BCUT2D eigenvalue weighted by Crippen LogP contribution is 2.39. The summed E-state index contributed by atoms with van der Waals surface area (Å²) in [4.78, 5) is 76.9. The summed E-state index contributed by atoms with van der Waals surface area (Å²) < 4.78 is 15.9. The largest absolute Gasteiger partial charge is 0.506 e. The number of ether oxygens (including phenoxy) is 3. The SMILES string of the molecule is C=C(C)C(=O)OCC(COC(=O)c1cccc2c1C(=O)C(C(=C)/C(O)=C(/Br)c1ccccc1N)C2=O)OC(=O)c1ccccc1C(=O)O. The number of nitrogens with two attached hydrogens (primary N) is 1. The van der Waals surface area contributed by atoms with E-state index in [0.717, 1.165) is 0 Å². The molecule has 48 heavy (non-hydrogen) atoms. The van der Waals surface area contributed by atoms with Crippen molar-refractivity contribution < 1.29 is 53.2 Å². The molecule has 0 radical (unpaired) electrons. The maximum absolute atomic E-state index is 13.6. The summed E-state index contributed by atoms with van der Waals surface area (Å²) in [5.41, 5.74) is 5.18. The molecule has 1 aliphatic rings. The fraction of sp³-hybridized carbons (Fsp3) is 0.143. The zero-order valence-electron chi connectivity index (χ0n) is 25.4. The van der Waals surface area contributed by atoms with E-state index in [1.165, 1.54) is 49.4 Å². The van der Waals surface area contributed by atoms with Crippen molar-refractivity contribution in [1.82, 2.24) is 0 Å². The Labute approximate surface area is 282 Å². The summed E-state index contributed by atoms with van der Waals surface area (Å²) in [6.45, 7) is 7.33. The number of esters is 3. The van der Waals surface area contributed by atoms with E-state index in [1.807, 2.05) is 0 Å². The van der Waals surface area contributed by atoms with Crippen LogP contribution in [0.25, 0.3) is 4.48 Å². The normalized spacial score (nSPS) is 14.7. The Morgan fingerprint density at radius 3 is 2.02 bits per heavy atom. The van der Waals surface area contributed by atoms with Gasteiger partial charge in [0.2, 0.25) is 0 Å². The summed E-state index contributed by atoms with van der Waals surface area (Å²) in [5.74, 6) is -7.98. The molecule has 1 aliphatic carbocycles. The number of Topliss-reactive ketones (excluding diaryl/α,β-unsaturated/α-hetero) is 2. The van der Waals surface area contributed by atoms with E-state index in [2.05, 4.69) is 29.1 Å². The molecule has 2 atom stereocenters. The number of benzene rings is 3. The molecular weight excluding hydrogens is 690 g/mol. The predicted octanol–water partition coefficient (Wildman–Crippen LogP) is 5.34. The van der Waals surface area contributed by atoms with Gasteiger partial charge in [0.15, 0.2) is 17.7 Å². The maximum Gasteiger partial charge on any atom is 0.339 e. The Balaban J connectivity index is 1.57. The lowest BCUT2D eigenvalue weighted by molar-refractivity contribution is -0.142. The lowest BCUT2D eigenvalue weighted by atomic mass is 9.92. The molecule has 0 saturated carbocycles. The number of allylic oxidation sites excluding steroid dienone is 1. The zero-order valence-corrected chi connectivity index (χ0v) is 26.9. The van der Waals surface area contributed by atoms with Crippen molar-refractivity contribution in [3.8, 4) is 0 Å². The molecule has 0 heterocycles. The molecule has 0 amide bonds. The number of carboxylic acids is 1. The second kappa shape index (κ2) is 14.7. The van der Waals surface area contributed by atoms with E-state index < -0.39 is 66.4 Å². The van der Waals surface area contributed by atoms with Crippen molar-refractivity contribution in [2.75, 3.05) is 18.9 Å². The number of ketones is 2. The van der Waals surface area contributed by atoms with Crippen LogP contribution in [-0.2, 0) is 19.0 Å². The standard InChI is InChI=1S/C35H28BrNO11/c1-17(2)33(43)46-15-19(48-35(45)21-10-5-4-9-20(21)32(41)42)16-47-34(44)24-13-8-12-23-27(24)31(40)26(30(23)39)18(3)29(38)28(36)22-11-6-7-14-25(22)37/h4-14,19,26,38H,1,3,15-16,37H2,2H3,(H,41,42)/b29-28-. The monoisotopic (exact) mass is 717 g/mol. The van der Waals surface area contributed by atoms with Gasteiger partial charge in [-0.25, -0.2) is 19.2 Å². The van der Waals surface area contributed by atoms with E-state index in [0.29, 0.717) is 11.3 Å². The van der Waals surface area contributed by atoms with Crippen LogP contribution in [0.1, 0.15) is 64.3 Å². The smallest absolute Gasteiger partial charge is 0.339 e. The second-order valence-corrected chi connectivity index (χ2v) is 11.3. The van der Waals surface area contributed by atoms with Crippen molar-refractivity contribution >= 4 is 61.5 Å². The van der Waals surface area contributed by atoms with Crippen LogP contribution in [0.2, 0.25) is 0 Å². The average molecular weight is 719 g/mol. The van der Waals surface area contributed by atoms with E-state index in [1.54, 1.807) is 24.3 Å². The van der Waals surface area contributed by atoms with Crippen LogP contribution >= 0.6 is 15.9 Å². The minimum absolute atomic E-state index is 0.0348. The number of rotatable bonds is 12. The Bertz CT molecular complexity index is 1930. The van der Waals surface area contributed by atoms with Crippen LogP contribution < -0.4 is 5.73 Å². The number of para-hydroxylation sites is 1. The van der Waals surface area contributed by atoms with Crippen LogP contribution in [0, 0.1) is 5.92 Å². The summed E-state index contributed by atoms with van der Waals surface area (Å²) >= 11 is 3.26. The molecule has 0 fully saturated rings. The van der Waals surface area contributed by atoms with Crippen LogP contribution in [0.15, 0.2) is 96.8 Å². The van der Waals surface area contributed by atoms with E-state index in [4.69, 9.17) is 19.9 Å². The number of hydrogen-bond acceptors (Lipinski definition) is 11. The number of hydrogen-bond donors (Lipinski definition) is 3. The minimum atomic E-state index is -1.56. The van der Waals surface area contributed by atoms with E-state index >= 15 is 0 Å². The number of halogens is 1. The number of fused-ring (bicyclic) bond motifs is 1. The molecule has 0 spiro atoms. The fourth-order valence-corrected chi connectivity index (χ4v) is 5.36. The van der Waals surface area contributed by atoms with Gasteiger partial charge in [0.05, 0.1) is 21.2 Å². The molecule has 2 unspecified atom stereocenters. The van der Waals surface area contributed by atoms with Gasteiger partial charge < -0.3 is 30.2 Å². The highest BCUT2D eigenvalue weighted by atomic mass is 79.9. The molecule has 3 aromatic rings. The second-order valence-electron chi connectivity index (χ2n) is 10.5. The molecule has 13 heteroatoms. The average Bonchev–Trinajstić information content (AvgIpc) is 3.33. The van der Waals surface area contributed by atoms with E-state index in [9.17, 15) is 39.0 Å². The quantitative estimate of drug-likeness (QED) is 0.0414. The van der Waals surface area contributed by atoms with Crippen molar-refractivity contribution in [3.63, 3.8) is 0 Å². The molecule has 4 rings (SSSR count). The van der Waals surface area contributed by atoms with Crippen LogP contribution in [0.5, 0.6) is 0 Å². The number of aromatic carboxylic acids is 1. The van der Waals surface area contributed by atoms with Gasteiger partial charge in [0.25, 0.3) is 0 Å². The molecule has 0 aliphatic heterocycles. The molecule has 0 bridgehead atoms. The molecular formula is C35H28BrNO11. The van der Waals surface area contributed by atoms with Crippen molar-refractivity contribution in [1.29, 1.82) is 0 Å². The number of aliphatic hydroxyl groups excluding tert-OH is 1. The summed E-state index contributed by atoms with van der Waals surface area (Å²) in [5, 5.41) is 20.4. The Hall–Kier alpha value is -5.82. The van der Waals surface area contributed by atoms with Gasteiger partial charge in [-0.15, -0.1) is 0 Å². The van der Waals surface area contributed by atoms with Gasteiger partial charge in [-0.2, -0.15) is 0 Å². The van der Waals surface area contributed by atoms with Crippen LogP contribution in [0.3, 0.4) is 0 Å². The highest BCUT2D eigenvalue weighted by molar-refractivity contribution is 9.15.